The van der Waals surface area contributed by atoms with Gasteiger partial charge in [-0.25, -0.2) is 4.98 Å². The zero-order valence-corrected chi connectivity index (χ0v) is 10.4. The third-order valence-corrected chi connectivity index (χ3v) is 2.03. The lowest BCUT2D eigenvalue weighted by Crippen LogP contribution is -2.14. The quantitative estimate of drug-likeness (QED) is 0.673. The molecule has 0 unspecified atom stereocenters. The lowest BCUT2D eigenvalue weighted by Gasteiger charge is -2.06. The van der Waals surface area contributed by atoms with Crippen LogP contribution >= 0.6 is 0 Å². The second-order valence-corrected chi connectivity index (χ2v) is 4.17. The highest BCUT2D eigenvalue weighted by Gasteiger charge is 2.00. The molecule has 0 aliphatic rings. The lowest BCUT2D eigenvalue weighted by molar-refractivity contribution is 0.101. The maximum absolute atomic E-state index is 5.49. The van der Waals surface area contributed by atoms with Gasteiger partial charge in [0.25, 0.3) is 0 Å². The highest BCUT2D eigenvalue weighted by Crippen LogP contribution is 1.94. The molecule has 1 N–H and O–H groups in total. The van der Waals surface area contributed by atoms with Crippen LogP contribution in [-0.2, 0) is 17.8 Å². The summed E-state index contributed by atoms with van der Waals surface area (Å²) in [6.45, 7) is 10.3. The summed E-state index contributed by atoms with van der Waals surface area (Å²) in [5.41, 5.74) is 0. The zero-order chi connectivity index (χ0) is 11.8. The maximum Gasteiger partial charge on any atom is 0.164 e. The van der Waals surface area contributed by atoms with E-state index >= 15 is 0 Å². The topological polar surface area (TPSA) is 52.0 Å². The van der Waals surface area contributed by atoms with Crippen LogP contribution in [0.5, 0.6) is 0 Å². The molecule has 0 aliphatic carbocycles. The molecule has 0 aromatic carbocycles. The summed E-state index contributed by atoms with van der Waals surface area (Å²) in [6, 6.07) is 0. The summed E-state index contributed by atoms with van der Waals surface area (Å²) in [4.78, 5) is 4.20. The van der Waals surface area contributed by atoms with E-state index in [0.29, 0.717) is 12.5 Å². The van der Waals surface area contributed by atoms with Gasteiger partial charge in [0.05, 0.1) is 19.7 Å². The van der Waals surface area contributed by atoms with E-state index in [1.807, 2.05) is 4.68 Å². The summed E-state index contributed by atoms with van der Waals surface area (Å²) in [7, 11) is 0. The molecule has 1 rings (SSSR count). The molecule has 1 heterocycles. The van der Waals surface area contributed by atoms with Crippen molar-refractivity contribution >= 4 is 0 Å². The van der Waals surface area contributed by atoms with E-state index in [9.17, 15) is 0 Å². The van der Waals surface area contributed by atoms with E-state index in [0.717, 1.165) is 32.1 Å². The van der Waals surface area contributed by atoms with Crippen molar-refractivity contribution in [2.24, 2.45) is 5.92 Å². The molecular formula is C11H22N4O. The lowest BCUT2D eigenvalue weighted by atomic mass is 10.2. The molecule has 0 amide bonds. The van der Waals surface area contributed by atoms with Gasteiger partial charge < -0.3 is 10.1 Å². The molecule has 16 heavy (non-hydrogen) atoms. The minimum absolute atomic E-state index is 0.583. The molecule has 0 atom stereocenters. The number of rotatable bonds is 8. The molecular weight excluding hydrogens is 204 g/mol. The number of hydrogen-bond donors (Lipinski definition) is 1. The summed E-state index contributed by atoms with van der Waals surface area (Å²) in [5, 5.41) is 7.52. The van der Waals surface area contributed by atoms with Gasteiger partial charge in [-0.05, 0) is 12.5 Å². The monoisotopic (exact) mass is 226 g/mol. The van der Waals surface area contributed by atoms with Crippen LogP contribution in [0.3, 0.4) is 0 Å². The minimum Gasteiger partial charge on any atom is -0.379 e. The van der Waals surface area contributed by atoms with Crippen LogP contribution in [0.15, 0.2) is 6.33 Å². The van der Waals surface area contributed by atoms with Crippen LogP contribution in [-0.4, -0.2) is 34.5 Å². The van der Waals surface area contributed by atoms with Crippen molar-refractivity contribution in [3.05, 3.63) is 12.2 Å². The summed E-state index contributed by atoms with van der Waals surface area (Å²) < 4.78 is 7.31. The second-order valence-electron chi connectivity index (χ2n) is 4.17. The van der Waals surface area contributed by atoms with Gasteiger partial charge in [-0.15, -0.1) is 0 Å². The second kappa shape index (κ2) is 7.35. The van der Waals surface area contributed by atoms with Gasteiger partial charge in [-0.3, -0.25) is 4.68 Å². The Kier molecular flexibility index (Phi) is 6.03. The molecule has 5 nitrogen and oxygen atoms in total. The zero-order valence-electron chi connectivity index (χ0n) is 10.4. The molecule has 0 radical (unpaired) electrons. The molecule has 1 aromatic heterocycles. The Morgan fingerprint density at radius 1 is 1.50 bits per heavy atom. The van der Waals surface area contributed by atoms with E-state index in [2.05, 4.69) is 36.2 Å². The van der Waals surface area contributed by atoms with Gasteiger partial charge in [0.2, 0.25) is 0 Å². The predicted octanol–water partition coefficient (Wildman–Crippen LogP) is 1.06. The largest absolute Gasteiger partial charge is 0.379 e. The molecule has 0 saturated heterocycles. The number of nitrogens with one attached hydrogen (secondary N) is 1. The molecule has 92 valence electrons. The average molecular weight is 226 g/mol. The normalized spacial score (nSPS) is 11.2. The summed E-state index contributed by atoms with van der Waals surface area (Å²) in [6.07, 6.45) is 1.76. The molecule has 0 bridgehead atoms. The van der Waals surface area contributed by atoms with Crippen molar-refractivity contribution in [2.45, 2.75) is 33.9 Å². The first-order valence-corrected chi connectivity index (χ1v) is 5.89. The molecule has 0 spiro atoms. The average Bonchev–Trinajstić information content (AvgIpc) is 2.69. The highest BCUT2D eigenvalue weighted by atomic mass is 16.5. The number of nitrogens with zero attached hydrogens (tertiary/aromatic N) is 3. The fraction of sp³-hybridized carbons (Fsp3) is 0.818. The summed E-state index contributed by atoms with van der Waals surface area (Å²) in [5.74, 6) is 1.42. The third kappa shape index (κ3) is 5.23. The first kappa shape index (κ1) is 13.1. The SMILES string of the molecule is CCNCc1ncn(CCOCC(C)C)n1. The Morgan fingerprint density at radius 2 is 2.31 bits per heavy atom. The van der Waals surface area contributed by atoms with E-state index < -0.39 is 0 Å². The van der Waals surface area contributed by atoms with Crippen LogP contribution in [0, 0.1) is 5.92 Å². The van der Waals surface area contributed by atoms with Gasteiger partial charge in [0, 0.05) is 6.61 Å². The van der Waals surface area contributed by atoms with Crippen molar-refractivity contribution in [3.8, 4) is 0 Å². The molecule has 0 aliphatic heterocycles. The Labute approximate surface area is 97.2 Å². The molecule has 5 heteroatoms. The number of hydrogen-bond acceptors (Lipinski definition) is 4. The van der Waals surface area contributed by atoms with Gasteiger partial charge in [0.1, 0.15) is 6.33 Å². The van der Waals surface area contributed by atoms with Gasteiger partial charge in [-0.1, -0.05) is 20.8 Å². The van der Waals surface area contributed by atoms with Crippen molar-refractivity contribution in [2.75, 3.05) is 19.8 Å². The van der Waals surface area contributed by atoms with E-state index in [4.69, 9.17) is 4.74 Å². The van der Waals surface area contributed by atoms with Gasteiger partial charge in [-0.2, -0.15) is 5.10 Å². The van der Waals surface area contributed by atoms with Crippen molar-refractivity contribution in [1.82, 2.24) is 20.1 Å². The van der Waals surface area contributed by atoms with Crippen LogP contribution in [0.2, 0.25) is 0 Å². The van der Waals surface area contributed by atoms with Gasteiger partial charge in [0.15, 0.2) is 5.82 Å². The maximum atomic E-state index is 5.49. The Bertz CT molecular complexity index is 285. The number of aromatic nitrogens is 3. The fourth-order valence-corrected chi connectivity index (χ4v) is 1.24. The Morgan fingerprint density at radius 3 is 3.00 bits per heavy atom. The first-order chi connectivity index (χ1) is 7.72. The fourth-order valence-electron chi connectivity index (χ4n) is 1.24. The van der Waals surface area contributed by atoms with Crippen molar-refractivity contribution in [1.29, 1.82) is 0 Å². The van der Waals surface area contributed by atoms with Crippen LogP contribution < -0.4 is 5.32 Å². The summed E-state index contributed by atoms with van der Waals surface area (Å²) >= 11 is 0. The number of ether oxygens (including phenoxy) is 1. The predicted molar refractivity (Wildman–Crippen MR) is 63.1 cm³/mol. The molecule has 0 fully saturated rings. The smallest absolute Gasteiger partial charge is 0.164 e. The first-order valence-electron chi connectivity index (χ1n) is 5.89. The van der Waals surface area contributed by atoms with Gasteiger partial charge >= 0.3 is 0 Å². The molecule has 0 saturated carbocycles. The van der Waals surface area contributed by atoms with Crippen LogP contribution in [0.1, 0.15) is 26.6 Å². The van der Waals surface area contributed by atoms with Crippen LogP contribution in [0.25, 0.3) is 0 Å². The Balaban J connectivity index is 2.19. The van der Waals surface area contributed by atoms with E-state index in [1.54, 1.807) is 6.33 Å². The minimum atomic E-state index is 0.583. The molecule has 1 aromatic rings. The van der Waals surface area contributed by atoms with E-state index in [1.165, 1.54) is 0 Å². The third-order valence-electron chi connectivity index (χ3n) is 2.03. The standard InChI is InChI=1S/C11H22N4O/c1-4-12-7-11-13-9-15(14-11)5-6-16-8-10(2)3/h9-10,12H,4-8H2,1-3H3. The highest BCUT2D eigenvalue weighted by molar-refractivity contribution is 4.80. The Hall–Kier alpha value is -0.940. The van der Waals surface area contributed by atoms with E-state index in [-0.39, 0.29) is 0 Å². The van der Waals surface area contributed by atoms with Crippen molar-refractivity contribution in [3.63, 3.8) is 0 Å². The van der Waals surface area contributed by atoms with Crippen LogP contribution in [0.4, 0.5) is 0 Å². The van der Waals surface area contributed by atoms with Crippen molar-refractivity contribution < 1.29 is 4.74 Å².